The molecule has 4 atom stereocenters. The zero-order valence-electron chi connectivity index (χ0n) is 19.0. The van der Waals surface area contributed by atoms with Crippen LogP contribution in [0.15, 0.2) is 47.1 Å². The molecule has 5 N–H and O–H groups in total. The second-order valence-electron chi connectivity index (χ2n) is 8.73. The van der Waals surface area contributed by atoms with Crippen molar-refractivity contribution in [1.82, 2.24) is 15.3 Å². The number of carbonyl (C=O) groups excluding carboxylic acids is 1. The molecule has 2 aromatic carbocycles. The Bertz CT molecular complexity index is 1260. The van der Waals surface area contributed by atoms with Crippen molar-refractivity contribution in [3.8, 4) is 11.3 Å². The molecule has 7 nitrogen and oxygen atoms in total. The molecule has 190 valence electrons. The number of rotatable bonds is 6. The molecule has 36 heavy (non-hydrogen) atoms. The standard InChI is InChI=1S/C25H24BrF3N4O3/c26-15-5-14(6-16(27)9-15)21(11-34)33-25(36)17-3-1-13(8-18(17)28)23-24(30)31-10-20(32-23)12-2-4-22(35)19(29)7-12/h1,3,5-6,8-10,12,19,21-22,34-35H,2,4,7,11H2,(H2,30,31)(H,33,36). The summed E-state index contributed by atoms with van der Waals surface area (Å²) in [4.78, 5) is 21.3. The van der Waals surface area contributed by atoms with Gasteiger partial charge in [-0.05, 0) is 55.2 Å². The number of carbonyl (C=O) groups is 1. The van der Waals surface area contributed by atoms with Gasteiger partial charge in [-0.15, -0.1) is 0 Å². The molecule has 0 spiro atoms. The number of aliphatic hydroxyl groups is 2. The van der Waals surface area contributed by atoms with E-state index in [0.29, 0.717) is 28.6 Å². The molecular formula is C25H24BrF3N4O3. The van der Waals surface area contributed by atoms with Crippen molar-refractivity contribution in [2.75, 3.05) is 12.3 Å². The number of amides is 1. The monoisotopic (exact) mass is 564 g/mol. The van der Waals surface area contributed by atoms with Crippen LogP contribution < -0.4 is 11.1 Å². The Morgan fingerprint density at radius 2 is 2.00 bits per heavy atom. The molecule has 4 rings (SSSR count). The molecule has 11 heteroatoms. The highest BCUT2D eigenvalue weighted by atomic mass is 79.9. The Labute approximate surface area is 213 Å². The average molecular weight is 565 g/mol. The fourth-order valence-electron chi connectivity index (χ4n) is 4.28. The van der Waals surface area contributed by atoms with Crippen molar-refractivity contribution in [1.29, 1.82) is 0 Å². The Balaban J connectivity index is 1.56. The molecule has 4 unspecified atom stereocenters. The second kappa shape index (κ2) is 10.9. The number of hydrogen-bond acceptors (Lipinski definition) is 6. The number of aliphatic hydroxyl groups excluding tert-OH is 2. The van der Waals surface area contributed by atoms with Crippen LogP contribution in [-0.4, -0.2) is 45.0 Å². The minimum absolute atomic E-state index is 0.0417. The van der Waals surface area contributed by atoms with Gasteiger partial charge in [-0.3, -0.25) is 4.79 Å². The van der Waals surface area contributed by atoms with Gasteiger partial charge in [0.25, 0.3) is 5.91 Å². The van der Waals surface area contributed by atoms with Gasteiger partial charge in [-0.25, -0.2) is 23.1 Å². The Hall–Kier alpha value is -3.02. The lowest BCUT2D eigenvalue weighted by Gasteiger charge is -2.28. The van der Waals surface area contributed by atoms with Gasteiger partial charge in [-0.2, -0.15) is 0 Å². The van der Waals surface area contributed by atoms with Crippen molar-refractivity contribution < 1.29 is 28.2 Å². The Kier molecular flexibility index (Phi) is 7.91. The SMILES string of the molecule is Nc1ncc(C2CCC(O)C(F)C2)nc1-c1ccc(C(=O)NC(CO)c2cc(F)cc(Br)c2)c(F)c1. The van der Waals surface area contributed by atoms with Gasteiger partial charge in [0, 0.05) is 16.0 Å². The number of nitrogens with two attached hydrogens (primary N) is 1. The van der Waals surface area contributed by atoms with Crippen molar-refractivity contribution in [3.63, 3.8) is 0 Å². The van der Waals surface area contributed by atoms with Crippen molar-refractivity contribution >= 4 is 27.7 Å². The lowest BCUT2D eigenvalue weighted by Crippen LogP contribution is -2.31. The summed E-state index contributed by atoms with van der Waals surface area (Å²) in [5.41, 5.74) is 6.94. The molecule has 1 aliphatic carbocycles. The van der Waals surface area contributed by atoms with Crippen molar-refractivity contribution in [2.45, 2.75) is 43.5 Å². The van der Waals surface area contributed by atoms with Crippen LogP contribution in [0.1, 0.15) is 52.8 Å². The van der Waals surface area contributed by atoms with Gasteiger partial charge in [0.15, 0.2) is 0 Å². The molecule has 1 heterocycles. The van der Waals surface area contributed by atoms with E-state index in [1.54, 1.807) is 0 Å². The van der Waals surface area contributed by atoms with Gasteiger partial charge in [0.2, 0.25) is 0 Å². The van der Waals surface area contributed by atoms with E-state index in [1.807, 2.05) is 0 Å². The first kappa shape index (κ1) is 26.1. The third kappa shape index (κ3) is 5.69. The third-order valence-electron chi connectivity index (χ3n) is 6.24. The molecule has 0 bridgehead atoms. The number of hydrogen-bond donors (Lipinski definition) is 4. The maximum atomic E-state index is 15.0. The maximum Gasteiger partial charge on any atom is 0.254 e. The zero-order chi connectivity index (χ0) is 26.0. The van der Waals surface area contributed by atoms with E-state index in [0.717, 1.165) is 12.1 Å². The summed E-state index contributed by atoms with van der Waals surface area (Å²) in [5.74, 6) is -2.45. The highest BCUT2D eigenvalue weighted by molar-refractivity contribution is 9.10. The number of nitrogens with zero attached hydrogens (tertiary/aromatic N) is 2. The van der Waals surface area contributed by atoms with Crippen LogP contribution in [0, 0.1) is 11.6 Å². The first-order chi connectivity index (χ1) is 17.2. The van der Waals surface area contributed by atoms with Crippen LogP contribution in [0.2, 0.25) is 0 Å². The third-order valence-corrected chi connectivity index (χ3v) is 6.70. The van der Waals surface area contributed by atoms with Crippen LogP contribution >= 0.6 is 15.9 Å². The summed E-state index contributed by atoms with van der Waals surface area (Å²) in [5, 5.41) is 21.8. The first-order valence-corrected chi connectivity index (χ1v) is 12.1. The van der Waals surface area contributed by atoms with Crippen LogP contribution in [0.4, 0.5) is 19.0 Å². The number of alkyl halides is 1. The number of anilines is 1. The van der Waals surface area contributed by atoms with E-state index < -0.39 is 42.5 Å². The predicted molar refractivity (Wildman–Crippen MR) is 131 cm³/mol. The van der Waals surface area contributed by atoms with Gasteiger partial charge >= 0.3 is 0 Å². The summed E-state index contributed by atoms with van der Waals surface area (Å²) in [7, 11) is 0. The molecule has 3 aromatic rings. The molecule has 1 fully saturated rings. The Morgan fingerprint density at radius 3 is 2.67 bits per heavy atom. The summed E-state index contributed by atoms with van der Waals surface area (Å²) < 4.78 is 43.2. The first-order valence-electron chi connectivity index (χ1n) is 11.3. The molecule has 0 radical (unpaired) electrons. The largest absolute Gasteiger partial charge is 0.394 e. The summed E-state index contributed by atoms with van der Waals surface area (Å²) in [6, 6.07) is 6.77. The molecule has 1 saturated carbocycles. The maximum absolute atomic E-state index is 15.0. The van der Waals surface area contributed by atoms with Gasteiger partial charge in [0.05, 0.1) is 36.2 Å². The molecule has 0 aliphatic heterocycles. The van der Waals surface area contributed by atoms with Crippen LogP contribution in [0.3, 0.4) is 0 Å². The number of benzene rings is 2. The van der Waals surface area contributed by atoms with Crippen molar-refractivity contribution in [3.05, 3.63) is 75.5 Å². The van der Waals surface area contributed by atoms with Crippen LogP contribution in [0.25, 0.3) is 11.3 Å². The fraction of sp³-hybridized carbons (Fsp3) is 0.320. The lowest BCUT2D eigenvalue weighted by atomic mass is 9.84. The van der Waals surface area contributed by atoms with Crippen LogP contribution in [-0.2, 0) is 0 Å². The van der Waals surface area contributed by atoms with E-state index >= 15 is 0 Å². The number of nitrogens with one attached hydrogen (secondary N) is 1. The quantitative estimate of drug-likeness (QED) is 0.356. The number of halogens is 4. The molecular weight excluding hydrogens is 541 g/mol. The van der Waals surface area contributed by atoms with E-state index in [9.17, 15) is 28.2 Å². The van der Waals surface area contributed by atoms with Crippen molar-refractivity contribution in [2.24, 2.45) is 0 Å². The highest BCUT2D eigenvalue weighted by Crippen LogP contribution is 2.35. The highest BCUT2D eigenvalue weighted by Gasteiger charge is 2.31. The van der Waals surface area contributed by atoms with Gasteiger partial charge in [-0.1, -0.05) is 22.0 Å². The minimum Gasteiger partial charge on any atom is -0.394 e. The minimum atomic E-state index is -1.36. The van der Waals surface area contributed by atoms with E-state index in [1.165, 1.54) is 30.5 Å². The number of aromatic nitrogens is 2. The molecule has 1 aromatic heterocycles. The molecule has 1 amide bonds. The Morgan fingerprint density at radius 1 is 1.22 bits per heavy atom. The summed E-state index contributed by atoms with van der Waals surface area (Å²) >= 11 is 3.16. The van der Waals surface area contributed by atoms with Gasteiger partial charge in [0.1, 0.15) is 29.3 Å². The predicted octanol–water partition coefficient (Wildman–Crippen LogP) is 4.20. The zero-order valence-corrected chi connectivity index (χ0v) is 20.6. The van der Waals surface area contributed by atoms with E-state index in [4.69, 9.17) is 5.73 Å². The number of nitrogen functional groups attached to an aromatic ring is 1. The molecule has 0 saturated heterocycles. The van der Waals surface area contributed by atoms with Crippen LogP contribution in [0.5, 0.6) is 0 Å². The topological polar surface area (TPSA) is 121 Å². The summed E-state index contributed by atoms with van der Waals surface area (Å²) in [6.45, 7) is -0.530. The lowest BCUT2D eigenvalue weighted by molar-refractivity contribution is 0.0363. The average Bonchev–Trinajstić information content (AvgIpc) is 2.83. The second-order valence-corrected chi connectivity index (χ2v) is 9.64. The smallest absolute Gasteiger partial charge is 0.254 e. The molecule has 1 aliphatic rings. The fourth-order valence-corrected chi connectivity index (χ4v) is 4.77. The van der Waals surface area contributed by atoms with E-state index in [2.05, 4.69) is 31.2 Å². The van der Waals surface area contributed by atoms with E-state index in [-0.39, 0.29) is 35.0 Å². The van der Waals surface area contributed by atoms with Gasteiger partial charge < -0.3 is 21.3 Å². The normalized spacial score (nSPS) is 20.7. The summed E-state index contributed by atoms with van der Waals surface area (Å²) in [6.07, 6.45) is 0.0155.